The molecule has 5 atom stereocenters. The average Bonchev–Trinajstić information content (AvgIpc) is 2.65. The summed E-state index contributed by atoms with van der Waals surface area (Å²) in [6.07, 6.45) is -7.42. The van der Waals surface area contributed by atoms with Gasteiger partial charge in [-0.3, -0.25) is 0 Å². The van der Waals surface area contributed by atoms with Crippen LogP contribution in [0.3, 0.4) is 0 Å². The molecule has 0 aromatic rings. The van der Waals surface area contributed by atoms with Crippen molar-refractivity contribution in [3.63, 3.8) is 0 Å². The fraction of sp³-hybridized carbons (Fsp3) is 0.900. The van der Waals surface area contributed by atoms with Crippen LogP contribution in [0.4, 0.5) is 0 Å². The van der Waals surface area contributed by atoms with E-state index in [-0.39, 0.29) is 12.9 Å². The predicted molar refractivity (Wildman–Crippen MR) is 55.0 cm³/mol. The number of aliphatic hydroxyl groups is 4. The zero-order chi connectivity index (χ0) is 13.2. The molecule has 1 aliphatic heterocycles. The van der Waals surface area contributed by atoms with Gasteiger partial charge in [-0.05, 0) is 13.8 Å². The number of aliphatic hydroxyl groups excluding tert-OH is 4. The van der Waals surface area contributed by atoms with Crippen molar-refractivity contribution in [1.82, 2.24) is 0 Å². The fourth-order valence-corrected chi connectivity index (χ4v) is 1.59. The molecular weight excluding hydrogens is 232 g/mol. The number of hydrogen-bond donors (Lipinski definition) is 4. The summed E-state index contributed by atoms with van der Waals surface area (Å²) < 4.78 is 10.5. The Morgan fingerprint density at radius 1 is 1.24 bits per heavy atom. The first kappa shape index (κ1) is 14.5. The van der Waals surface area contributed by atoms with E-state index in [9.17, 15) is 20.1 Å². The van der Waals surface area contributed by atoms with Crippen LogP contribution in [-0.4, -0.2) is 69.6 Å². The molecule has 1 saturated heterocycles. The van der Waals surface area contributed by atoms with E-state index < -0.39 is 36.3 Å². The van der Waals surface area contributed by atoms with Gasteiger partial charge in [-0.25, -0.2) is 0 Å². The van der Waals surface area contributed by atoms with Gasteiger partial charge in [0.25, 0.3) is 0 Å². The average molecular weight is 250 g/mol. The molecule has 0 aromatic heterocycles. The van der Waals surface area contributed by atoms with Gasteiger partial charge in [-0.2, -0.15) is 0 Å². The molecule has 5 unspecified atom stereocenters. The summed E-state index contributed by atoms with van der Waals surface area (Å²) in [5, 5.41) is 37.7. The van der Waals surface area contributed by atoms with Crippen LogP contribution >= 0.6 is 0 Å². The van der Waals surface area contributed by atoms with E-state index in [2.05, 4.69) is 0 Å². The van der Waals surface area contributed by atoms with Crippen LogP contribution in [0.15, 0.2) is 0 Å². The molecule has 0 bridgehead atoms. The van der Waals surface area contributed by atoms with E-state index in [0.717, 1.165) is 0 Å². The highest BCUT2D eigenvalue weighted by Crippen LogP contribution is 2.25. The van der Waals surface area contributed by atoms with E-state index in [0.29, 0.717) is 0 Å². The summed E-state index contributed by atoms with van der Waals surface area (Å²) in [4.78, 5) is 10.2. The SMILES string of the molecule is CC1(C)OCC(C(O)C(O)C(O)C(O)C=O)O1. The monoisotopic (exact) mass is 250 g/mol. The Bertz CT molecular complexity index is 267. The molecule has 0 aromatic carbocycles. The van der Waals surface area contributed by atoms with Crippen LogP contribution in [-0.2, 0) is 14.3 Å². The number of aldehydes is 1. The van der Waals surface area contributed by atoms with Crippen molar-refractivity contribution >= 4 is 6.29 Å². The smallest absolute Gasteiger partial charge is 0.163 e. The van der Waals surface area contributed by atoms with Crippen molar-refractivity contribution in [2.75, 3.05) is 6.61 Å². The van der Waals surface area contributed by atoms with Crippen molar-refractivity contribution in [3.8, 4) is 0 Å². The lowest BCUT2D eigenvalue weighted by Crippen LogP contribution is -2.50. The Labute approximate surface area is 98.6 Å². The quantitative estimate of drug-likeness (QED) is 0.408. The van der Waals surface area contributed by atoms with Crippen molar-refractivity contribution < 1.29 is 34.7 Å². The highest BCUT2D eigenvalue weighted by Gasteiger charge is 2.42. The molecule has 4 N–H and O–H groups in total. The van der Waals surface area contributed by atoms with Gasteiger partial charge in [0.2, 0.25) is 0 Å². The first-order valence-corrected chi connectivity index (χ1v) is 5.28. The number of rotatable bonds is 5. The molecule has 1 rings (SSSR count). The molecule has 0 radical (unpaired) electrons. The van der Waals surface area contributed by atoms with Crippen LogP contribution in [0, 0.1) is 0 Å². The zero-order valence-corrected chi connectivity index (χ0v) is 9.68. The molecule has 0 spiro atoms. The number of hydrogen-bond acceptors (Lipinski definition) is 7. The van der Waals surface area contributed by atoms with Crippen molar-refractivity contribution in [2.45, 2.75) is 50.2 Å². The maximum Gasteiger partial charge on any atom is 0.163 e. The van der Waals surface area contributed by atoms with Crippen molar-refractivity contribution in [1.29, 1.82) is 0 Å². The van der Waals surface area contributed by atoms with E-state index in [1.807, 2.05) is 0 Å². The molecule has 0 saturated carbocycles. The third-order valence-corrected chi connectivity index (χ3v) is 2.60. The normalized spacial score (nSPS) is 30.6. The lowest BCUT2D eigenvalue weighted by molar-refractivity contribution is -0.175. The summed E-state index contributed by atoms with van der Waals surface area (Å²) in [7, 11) is 0. The van der Waals surface area contributed by atoms with Gasteiger partial charge in [0, 0.05) is 0 Å². The minimum atomic E-state index is -1.77. The van der Waals surface area contributed by atoms with Crippen molar-refractivity contribution in [3.05, 3.63) is 0 Å². The first-order chi connectivity index (χ1) is 7.78. The second-order valence-corrected chi connectivity index (χ2v) is 4.47. The van der Waals surface area contributed by atoms with Gasteiger partial charge in [0.15, 0.2) is 12.1 Å². The van der Waals surface area contributed by atoms with Gasteiger partial charge in [0.05, 0.1) is 6.61 Å². The second-order valence-electron chi connectivity index (χ2n) is 4.47. The number of carbonyl (C=O) groups excluding carboxylic acids is 1. The Hall–Kier alpha value is -0.570. The molecular formula is C10H18O7. The second kappa shape index (κ2) is 5.38. The van der Waals surface area contributed by atoms with Gasteiger partial charge < -0.3 is 34.7 Å². The Morgan fingerprint density at radius 2 is 1.82 bits per heavy atom. The summed E-state index contributed by atoms with van der Waals surface area (Å²) in [5.74, 6) is -0.875. The van der Waals surface area contributed by atoms with Gasteiger partial charge >= 0.3 is 0 Å². The topological polar surface area (TPSA) is 116 Å². The molecule has 17 heavy (non-hydrogen) atoms. The number of carbonyl (C=O) groups is 1. The molecule has 1 fully saturated rings. The fourth-order valence-electron chi connectivity index (χ4n) is 1.59. The summed E-state index contributed by atoms with van der Waals surface area (Å²) in [5.41, 5.74) is 0. The highest BCUT2D eigenvalue weighted by atomic mass is 16.7. The standard InChI is InChI=1S/C10H18O7/c1-10(2)16-4-6(17-10)8(14)9(15)7(13)5(12)3-11/h3,5-9,12-15H,4H2,1-2H3. The molecule has 0 aliphatic carbocycles. The molecule has 100 valence electrons. The van der Waals surface area contributed by atoms with Gasteiger partial charge in [0.1, 0.15) is 30.5 Å². The highest BCUT2D eigenvalue weighted by molar-refractivity contribution is 5.56. The summed E-state index contributed by atoms with van der Waals surface area (Å²) >= 11 is 0. The van der Waals surface area contributed by atoms with Crippen LogP contribution in [0.1, 0.15) is 13.8 Å². The van der Waals surface area contributed by atoms with E-state index in [4.69, 9.17) is 14.6 Å². The lowest BCUT2D eigenvalue weighted by atomic mass is 10.00. The number of ether oxygens (including phenoxy) is 2. The van der Waals surface area contributed by atoms with Crippen LogP contribution in [0.25, 0.3) is 0 Å². The Kier molecular flexibility index (Phi) is 4.59. The summed E-state index contributed by atoms with van der Waals surface area (Å²) in [6, 6.07) is 0. The van der Waals surface area contributed by atoms with Gasteiger partial charge in [-0.1, -0.05) is 0 Å². The maximum atomic E-state index is 10.2. The minimum absolute atomic E-state index is 0.0507. The zero-order valence-electron chi connectivity index (χ0n) is 9.68. The van der Waals surface area contributed by atoms with Crippen molar-refractivity contribution in [2.24, 2.45) is 0 Å². The van der Waals surface area contributed by atoms with E-state index >= 15 is 0 Å². The van der Waals surface area contributed by atoms with E-state index in [1.54, 1.807) is 13.8 Å². The largest absolute Gasteiger partial charge is 0.387 e. The van der Waals surface area contributed by atoms with Crippen LogP contribution < -0.4 is 0 Å². The third-order valence-electron chi connectivity index (χ3n) is 2.60. The summed E-state index contributed by atoms with van der Waals surface area (Å²) in [6.45, 7) is 3.33. The van der Waals surface area contributed by atoms with Gasteiger partial charge in [-0.15, -0.1) is 0 Å². The molecule has 1 heterocycles. The molecule has 7 heteroatoms. The predicted octanol–water partition coefficient (Wildman–Crippen LogP) is -2.22. The Morgan fingerprint density at radius 3 is 2.24 bits per heavy atom. The van der Waals surface area contributed by atoms with Crippen LogP contribution in [0.2, 0.25) is 0 Å². The molecule has 1 aliphatic rings. The minimum Gasteiger partial charge on any atom is -0.387 e. The van der Waals surface area contributed by atoms with Crippen LogP contribution in [0.5, 0.6) is 0 Å². The first-order valence-electron chi connectivity index (χ1n) is 5.28. The molecule has 0 amide bonds. The lowest BCUT2D eigenvalue weighted by Gasteiger charge is -2.27. The molecule has 7 nitrogen and oxygen atoms in total. The maximum absolute atomic E-state index is 10.2. The third kappa shape index (κ3) is 3.44. The Balaban J connectivity index is 2.58. The van der Waals surface area contributed by atoms with E-state index in [1.165, 1.54) is 0 Å².